The van der Waals surface area contributed by atoms with E-state index in [1.165, 1.54) is 0 Å². The van der Waals surface area contributed by atoms with Crippen LogP contribution in [0, 0.1) is 0 Å². The molecule has 0 fully saturated rings. The molecule has 0 heterocycles. The van der Waals surface area contributed by atoms with E-state index in [9.17, 15) is 0 Å². The summed E-state index contributed by atoms with van der Waals surface area (Å²) in [6, 6.07) is 5.33. The molecular weight excluding hydrogens is 194 g/mol. The number of benzene rings is 1. The lowest BCUT2D eigenvalue weighted by atomic mass is 10.3. The van der Waals surface area contributed by atoms with E-state index in [-0.39, 0.29) is 6.10 Å². The molecule has 4 heteroatoms. The van der Waals surface area contributed by atoms with Gasteiger partial charge >= 0.3 is 0 Å². The number of nitrogen functional groups attached to an aromatic ring is 1. The van der Waals surface area contributed by atoms with Crippen LogP contribution in [0.4, 0.5) is 5.69 Å². The molecule has 84 valence electrons. The molecule has 2 N–H and O–H groups in total. The van der Waals surface area contributed by atoms with Gasteiger partial charge in [-0.2, -0.15) is 0 Å². The molecule has 1 aromatic rings. The Morgan fingerprint density at radius 3 is 2.60 bits per heavy atom. The fraction of sp³-hybridized carbons (Fsp3) is 0.455. The van der Waals surface area contributed by atoms with Gasteiger partial charge in [0.05, 0.1) is 19.4 Å². The van der Waals surface area contributed by atoms with Gasteiger partial charge in [0.2, 0.25) is 0 Å². The van der Waals surface area contributed by atoms with E-state index in [0.717, 1.165) is 5.75 Å². The predicted octanol–water partition coefficient (Wildman–Crippen LogP) is 1.69. The molecule has 0 saturated heterocycles. The third-order valence-electron chi connectivity index (χ3n) is 1.95. The van der Waals surface area contributed by atoms with Crippen LogP contribution in [0.2, 0.25) is 0 Å². The zero-order valence-corrected chi connectivity index (χ0v) is 9.32. The highest BCUT2D eigenvalue weighted by atomic mass is 16.5. The molecule has 0 bridgehead atoms. The lowest BCUT2D eigenvalue weighted by Gasteiger charge is -2.15. The Labute approximate surface area is 89.9 Å². The van der Waals surface area contributed by atoms with Crippen LogP contribution in [0.1, 0.15) is 6.92 Å². The summed E-state index contributed by atoms with van der Waals surface area (Å²) in [6.45, 7) is 2.46. The highest BCUT2D eigenvalue weighted by Crippen LogP contribution is 2.26. The van der Waals surface area contributed by atoms with Gasteiger partial charge in [0, 0.05) is 13.2 Å². The highest BCUT2D eigenvalue weighted by Gasteiger charge is 2.07. The minimum atomic E-state index is -0.0225. The van der Waals surface area contributed by atoms with Crippen LogP contribution in [-0.2, 0) is 4.74 Å². The van der Waals surface area contributed by atoms with Crippen LogP contribution in [0.5, 0.6) is 11.5 Å². The van der Waals surface area contributed by atoms with Crippen LogP contribution in [0.3, 0.4) is 0 Å². The van der Waals surface area contributed by atoms with Crippen molar-refractivity contribution in [1.82, 2.24) is 0 Å². The van der Waals surface area contributed by atoms with Gasteiger partial charge < -0.3 is 19.9 Å². The van der Waals surface area contributed by atoms with Gasteiger partial charge in [-0.15, -0.1) is 0 Å². The summed E-state index contributed by atoms with van der Waals surface area (Å²) in [5, 5.41) is 0. The van der Waals surface area contributed by atoms with Crippen molar-refractivity contribution >= 4 is 5.69 Å². The van der Waals surface area contributed by atoms with Crippen LogP contribution < -0.4 is 15.2 Å². The first-order chi connectivity index (χ1) is 7.17. The first-order valence-corrected chi connectivity index (χ1v) is 4.76. The van der Waals surface area contributed by atoms with Gasteiger partial charge in [-0.25, -0.2) is 0 Å². The SMILES string of the molecule is COCC(C)Oc1ccc(OC)cc1N. The fourth-order valence-electron chi connectivity index (χ4n) is 1.25. The topological polar surface area (TPSA) is 53.7 Å². The minimum Gasteiger partial charge on any atom is -0.497 e. The van der Waals surface area contributed by atoms with E-state index in [2.05, 4.69) is 0 Å². The van der Waals surface area contributed by atoms with Gasteiger partial charge in [-0.1, -0.05) is 0 Å². The van der Waals surface area contributed by atoms with E-state index in [4.69, 9.17) is 19.9 Å². The Hall–Kier alpha value is -1.42. The summed E-state index contributed by atoms with van der Waals surface area (Å²) in [7, 11) is 3.24. The summed E-state index contributed by atoms with van der Waals surface area (Å²) in [5.74, 6) is 1.37. The molecule has 0 radical (unpaired) electrons. The third-order valence-corrected chi connectivity index (χ3v) is 1.95. The molecule has 0 spiro atoms. The highest BCUT2D eigenvalue weighted by molar-refractivity contribution is 5.56. The molecule has 1 aromatic carbocycles. The van der Waals surface area contributed by atoms with Crippen LogP contribution in [0.25, 0.3) is 0 Å². The van der Waals surface area contributed by atoms with Crippen molar-refractivity contribution < 1.29 is 14.2 Å². The zero-order chi connectivity index (χ0) is 11.3. The second-order valence-corrected chi connectivity index (χ2v) is 3.29. The largest absolute Gasteiger partial charge is 0.497 e. The summed E-state index contributed by atoms with van der Waals surface area (Å²) in [6.07, 6.45) is -0.0225. The van der Waals surface area contributed by atoms with Crippen molar-refractivity contribution in [2.24, 2.45) is 0 Å². The average molecular weight is 211 g/mol. The van der Waals surface area contributed by atoms with Gasteiger partial charge in [0.15, 0.2) is 0 Å². The van der Waals surface area contributed by atoms with Gasteiger partial charge in [-0.05, 0) is 19.1 Å². The van der Waals surface area contributed by atoms with Crippen LogP contribution in [0.15, 0.2) is 18.2 Å². The maximum atomic E-state index is 5.80. The first-order valence-electron chi connectivity index (χ1n) is 4.76. The van der Waals surface area contributed by atoms with Crippen LogP contribution in [-0.4, -0.2) is 26.9 Å². The number of anilines is 1. The molecule has 0 aliphatic rings. The van der Waals surface area contributed by atoms with Crippen LogP contribution >= 0.6 is 0 Å². The third kappa shape index (κ3) is 3.32. The standard InChI is InChI=1S/C11H17NO3/c1-8(7-13-2)15-11-5-4-9(14-3)6-10(11)12/h4-6,8H,7,12H2,1-3H3. The molecule has 0 saturated carbocycles. The number of rotatable bonds is 5. The zero-order valence-electron chi connectivity index (χ0n) is 9.32. The monoisotopic (exact) mass is 211 g/mol. The molecule has 0 aliphatic carbocycles. The van der Waals surface area contributed by atoms with E-state index in [0.29, 0.717) is 18.0 Å². The molecule has 4 nitrogen and oxygen atoms in total. The van der Waals surface area contributed by atoms with Crippen molar-refractivity contribution in [3.63, 3.8) is 0 Å². The maximum absolute atomic E-state index is 5.80. The molecule has 0 aliphatic heterocycles. The summed E-state index contributed by atoms with van der Waals surface area (Å²) < 4.78 is 15.6. The quantitative estimate of drug-likeness (QED) is 0.753. The number of ether oxygens (including phenoxy) is 3. The average Bonchev–Trinajstić information content (AvgIpc) is 2.21. The number of methoxy groups -OCH3 is 2. The molecule has 1 atom stereocenters. The first kappa shape index (κ1) is 11.7. The maximum Gasteiger partial charge on any atom is 0.142 e. The van der Waals surface area contributed by atoms with Gasteiger partial charge in [0.1, 0.15) is 17.6 Å². The van der Waals surface area contributed by atoms with E-state index in [1.54, 1.807) is 26.4 Å². The Kier molecular flexibility index (Phi) is 4.24. The van der Waals surface area contributed by atoms with E-state index >= 15 is 0 Å². The Morgan fingerprint density at radius 2 is 2.07 bits per heavy atom. The molecule has 0 amide bonds. The number of hydrogen-bond acceptors (Lipinski definition) is 4. The number of nitrogens with two attached hydrogens (primary N) is 1. The van der Waals surface area contributed by atoms with Crippen molar-refractivity contribution in [3.05, 3.63) is 18.2 Å². The normalized spacial score (nSPS) is 12.2. The summed E-state index contributed by atoms with van der Waals surface area (Å²) >= 11 is 0. The second kappa shape index (κ2) is 5.46. The Morgan fingerprint density at radius 1 is 1.33 bits per heavy atom. The van der Waals surface area contributed by atoms with Crippen molar-refractivity contribution in [2.75, 3.05) is 26.6 Å². The molecular formula is C11H17NO3. The molecule has 15 heavy (non-hydrogen) atoms. The minimum absolute atomic E-state index is 0.0225. The predicted molar refractivity (Wildman–Crippen MR) is 59.4 cm³/mol. The lowest BCUT2D eigenvalue weighted by molar-refractivity contribution is 0.0925. The number of hydrogen-bond donors (Lipinski definition) is 1. The Bertz CT molecular complexity index is 315. The van der Waals surface area contributed by atoms with Crippen molar-refractivity contribution in [2.45, 2.75) is 13.0 Å². The van der Waals surface area contributed by atoms with Gasteiger partial charge in [-0.3, -0.25) is 0 Å². The van der Waals surface area contributed by atoms with Gasteiger partial charge in [0.25, 0.3) is 0 Å². The fourth-order valence-corrected chi connectivity index (χ4v) is 1.25. The van der Waals surface area contributed by atoms with Crippen molar-refractivity contribution in [1.29, 1.82) is 0 Å². The van der Waals surface area contributed by atoms with E-state index < -0.39 is 0 Å². The van der Waals surface area contributed by atoms with E-state index in [1.807, 2.05) is 13.0 Å². The molecule has 0 aromatic heterocycles. The second-order valence-electron chi connectivity index (χ2n) is 3.29. The molecule has 1 unspecified atom stereocenters. The molecule has 1 rings (SSSR count). The smallest absolute Gasteiger partial charge is 0.142 e. The summed E-state index contributed by atoms with van der Waals surface area (Å²) in [4.78, 5) is 0. The lowest BCUT2D eigenvalue weighted by Crippen LogP contribution is -2.18. The van der Waals surface area contributed by atoms with Crippen molar-refractivity contribution in [3.8, 4) is 11.5 Å². The summed E-state index contributed by atoms with van der Waals surface area (Å²) in [5.41, 5.74) is 6.36. The Balaban J connectivity index is 2.69.